The number of hydrogen-bond acceptors (Lipinski definition) is 6. The van der Waals surface area contributed by atoms with Crippen molar-refractivity contribution in [3.63, 3.8) is 0 Å². The third kappa shape index (κ3) is 3.73. The summed E-state index contributed by atoms with van der Waals surface area (Å²) in [5, 5.41) is 9.18. The molecule has 0 bridgehead atoms. The predicted octanol–water partition coefficient (Wildman–Crippen LogP) is 3.05. The van der Waals surface area contributed by atoms with Crippen LogP contribution in [0.3, 0.4) is 0 Å². The zero-order valence-corrected chi connectivity index (χ0v) is 15.4. The predicted molar refractivity (Wildman–Crippen MR) is 94.7 cm³/mol. The van der Waals surface area contributed by atoms with Crippen molar-refractivity contribution < 1.29 is 14.1 Å². The molecule has 8 heteroatoms. The van der Waals surface area contributed by atoms with Crippen molar-refractivity contribution in [2.24, 2.45) is 5.92 Å². The number of nitrogens with zero attached hydrogens (tertiary/aromatic N) is 3. The van der Waals surface area contributed by atoms with E-state index in [0.717, 1.165) is 12.8 Å². The van der Waals surface area contributed by atoms with Crippen LogP contribution in [0.2, 0.25) is 0 Å². The molecule has 7 nitrogen and oxygen atoms in total. The third-order valence-electron chi connectivity index (χ3n) is 4.37. The summed E-state index contributed by atoms with van der Waals surface area (Å²) in [4.78, 5) is 31.2. The lowest BCUT2D eigenvalue weighted by Crippen LogP contribution is -2.44. The number of carbonyl (C=O) groups excluding carboxylic acids is 2. The maximum atomic E-state index is 13.0. The van der Waals surface area contributed by atoms with E-state index in [4.69, 9.17) is 4.52 Å². The van der Waals surface area contributed by atoms with E-state index in [0.29, 0.717) is 35.2 Å². The monoisotopic (exact) mass is 362 g/mol. The van der Waals surface area contributed by atoms with Gasteiger partial charge >= 0.3 is 0 Å². The summed E-state index contributed by atoms with van der Waals surface area (Å²) in [5.41, 5.74) is 1.14. The minimum Gasteiger partial charge on any atom is -0.360 e. The molecule has 1 aliphatic heterocycles. The summed E-state index contributed by atoms with van der Waals surface area (Å²) in [7, 11) is 0. The van der Waals surface area contributed by atoms with Crippen LogP contribution in [0.1, 0.15) is 54.4 Å². The molecule has 3 heterocycles. The van der Waals surface area contributed by atoms with E-state index in [9.17, 15) is 9.59 Å². The highest BCUT2D eigenvalue weighted by Crippen LogP contribution is 2.26. The van der Waals surface area contributed by atoms with Gasteiger partial charge in [0.05, 0.1) is 11.6 Å². The van der Waals surface area contributed by atoms with Crippen LogP contribution in [0.15, 0.2) is 16.1 Å². The van der Waals surface area contributed by atoms with Gasteiger partial charge in [-0.3, -0.25) is 9.59 Å². The van der Waals surface area contributed by atoms with Crippen LogP contribution < -0.4 is 5.32 Å². The van der Waals surface area contributed by atoms with Crippen molar-refractivity contribution in [2.75, 3.05) is 18.4 Å². The Morgan fingerprint density at radius 2 is 2.24 bits per heavy atom. The molecule has 25 heavy (non-hydrogen) atoms. The third-order valence-corrected chi connectivity index (χ3v) is 5.06. The molecule has 0 aromatic carbocycles. The van der Waals surface area contributed by atoms with Crippen LogP contribution in [0.5, 0.6) is 0 Å². The van der Waals surface area contributed by atoms with Crippen LogP contribution in [0.25, 0.3) is 0 Å². The first-order valence-electron chi connectivity index (χ1n) is 8.43. The molecule has 1 unspecified atom stereocenters. The number of nitrogens with one attached hydrogen (secondary N) is 1. The molecule has 134 valence electrons. The van der Waals surface area contributed by atoms with Gasteiger partial charge in [-0.05, 0) is 19.8 Å². The molecule has 1 fully saturated rings. The molecule has 3 rings (SSSR count). The molecule has 2 aromatic rings. The average Bonchev–Trinajstić information content (AvgIpc) is 3.23. The van der Waals surface area contributed by atoms with Crippen LogP contribution >= 0.6 is 11.3 Å². The van der Waals surface area contributed by atoms with Gasteiger partial charge in [0, 0.05) is 30.6 Å². The second-order valence-electron chi connectivity index (χ2n) is 6.58. The van der Waals surface area contributed by atoms with E-state index < -0.39 is 0 Å². The Hall–Kier alpha value is -2.22. The first kappa shape index (κ1) is 17.6. The minimum atomic E-state index is -0.232. The maximum absolute atomic E-state index is 13.0. The first-order valence-corrected chi connectivity index (χ1v) is 9.31. The number of thiazole rings is 1. The number of amides is 2. The topological polar surface area (TPSA) is 88.3 Å². The Labute approximate surface area is 150 Å². The maximum Gasteiger partial charge on any atom is 0.259 e. The van der Waals surface area contributed by atoms with Crippen LogP contribution in [0, 0.1) is 12.8 Å². The second-order valence-corrected chi connectivity index (χ2v) is 7.47. The minimum absolute atomic E-state index is 0.0777. The smallest absolute Gasteiger partial charge is 0.259 e. The fourth-order valence-electron chi connectivity index (χ4n) is 3.07. The van der Waals surface area contributed by atoms with Gasteiger partial charge in [-0.2, -0.15) is 0 Å². The van der Waals surface area contributed by atoms with Gasteiger partial charge < -0.3 is 14.7 Å². The highest BCUT2D eigenvalue weighted by atomic mass is 32.1. The molecule has 2 aromatic heterocycles. The molecule has 0 saturated carbocycles. The lowest BCUT2D eigenvalue weighted by atomic mass is 9.95. The molecular weight excluding hydrogens is 340 g/mol. The molecule has 0 radical (unpaired) electrons. The number of piperidine rings is 1. The van der Waals surface area contributed by atoms with Crippen LogP contribution in [-0.4, -0.2) is 39.9 Å². The van der Waals surface area contributed by atoms with Crippen molar-refractivity contribution in [3.05, 3.63) is 28.6 Å². The second kappa shape index (κ2) is 7.35. The molecule has 1 atom stereocenters. The van der Waals surface area contributed by atoms with E-state index >= 15 is 0 Å². The number of likely N-dealkylation sites (tertiary alicyclic amines) is 1. The molecule has 1 N–H and O–H groups in total. The summed E-state index contributed by atoms with van der Waals surface area (Å²) >= 11 is 1.38. The van der Waals surface area contributed by atoms with Crippen LogP contribution in [0.4, 0.5) is 5.13 Å². The normalized spacial score (nSPS) is 17.8. The van der Waals surface area contributed by atoms with Crippen molar-refractivity contribution in [1.29, 1.82) is 0 Å². The van der Waals surface area contributed by atoms with Crippen molar-refractivity contribution in [3.8, 4) is 0 Å². The quantitative estimate of drug-likeness (QED) is 0.903. The molecule has 0 spiro atoms. The van der Waals surface area contributed by atoms with Gasteiger partial charge in [0.1, 0.15) is 5.56 Å². The Morgan fingerprint density at radius 1 is 1.44 bits per heavy atom. The SMILES string of the molecule is Cc1noc(C(C)C)c1C(=O)N1CCCC(C(=O)Nc2nccs2)C1. The highest BCUT2D eigenvalue weighted by molar-refractivity contribution is 7.13. The summed E-state index contributed by atoms with van der Waals surface area (Å²) in [5.74, 6) is 0.267. The number of aryl methyl sites for hydroxylation is 1. The molecule has 1 saturated heterocycles. The van der Waals surface area contributed by atoms with E-state index in [-0.39, 0.29) is 23.7 Å². The highest BCUT2D eigenvalue weighted by Gasteiger charge is 2.32. The Morgan fingerprint density at radius 3 is 2.92 bits per heavy atom. The molecule has 1 aliphatic rings. The van der Waals surface area contributed by atoms with Gasteiger partial charge in [-0.1, -0.05) is 19.0 Å². The number of carbonyl (C=O) groups is 2. The van der Waals surface area contributed by atoms with E-state index in [1.54, 1.807) is 18.0 Å². The zero-order chi connectivity index (χ0) is 18.0. The van der Waals surface area contributed by atoms with Crippen LogP contribution in [-0.2, 0) is 4.79 Å². The fourth-order valence-corrected chi connectivity index (χ4v) is 3.60. The lowest BCUT2D eigenvalue weighted by molar-refractivity contribution is -0.121. The van der Waals surface area contributed by atoms with Gasteiger partial charge in [-0.25, -0.2) is 4.98 Å². The van der Waals surface area contributed by atoms with E-state index in [2.05, 4.69) is 15.5 Å². The molecule has 2 amide bonds. The Balaban J connectivity index is 1.72. The Kier molecular flexibility index (Phi) is 5.17. The van der Waals surface area contributed by atoms with Gasteiger partial charge in [-0.15, -0.1) is 11.3 Å². The number of hydrogen-bond donors (Lipinski definition) is 1. The average molecular weight is 362 g/mol. The van der Waals surface area contributed by atoms with Gasteiger partial charge in [0.2, 0.25) is 5.91 Å². The summed E-state index contributed by atoms with van der Waals surface area (Å²) < 4.78 is 5.33. The van der Waals surface area contributed by atoms with E-state index in [1.165, 1.54) is 11.3 Å². The number of rotatable bonds is 4. The molecule has 0 aliphatic carbocycles. The van der Waals surface area contributed by atoms with Crippen molar-refractivity contribution >= 4 is 28.3 Å². The van der Waals surface area contributed by atoms with Crippen molar-refractivity contribution in [2.45, 2.75) is 39.5 Å². The van der Waals surface area contributed by atoms with Crippen molar-refractivity contribution in [1.82, 2.24) is 15.0 Å². The summed E-state index contributed by atoms with van der Waals surface area (Å²) in [6.45, 7) is 6.76. The van der Waals surface area contributed by atoms with Gasteiger partial charge in [0.25, 0.3) is 5.91 Å². The van der Waals surface area contributed by atoms with Gasteiger partial charge in [0.15, 0.2) is 10.9 Å². The Bertz CT molecular complexity index is 754. The summed E-state index contributed by atoms with van der Waals surface area (Å²) in [6.07, 6.45) is 3.21. The standard InChI is InChI=1S/C17H22N4O3S/c1-10(2)14-13(11(3)20-24-14)16(23)21-7-4-5-12(9-21)15(22)19-17-18-6-8-25-17/h6,8,10,12H,4-5,7,9H2,1-3H3,(H,18,19,22). The van der Waals surface area contributed by atoms with E-state index in [1.807, 2.05) is 19.2 Å². The first-order chi connectivity index (χ1) is 12.0. The zero-order valence-electron chi connectivity index (χ0n) is 14.6. The lowest BCUT2D eigenvalue weighted by Gasteiger charge is -2.32. The molecular formula is C17H22N4O3S. The largest absolute Gasteiger partial charge is 0.360 e. The number of anilines is 1. The summed E-state index contributed by atoms with van der Waals surface area (Å²) in [6, 6.07) is 0. The number of aromatic nitrogens is 2. The fraction of sp³-hybridized carbons (Fsp3) is 0.529.